The van der Waals surface area contributed by atoms with E-state index in [2.05, 4.69) is 4.98 Å². The van der Waals surface area contributed by atoms with Crippen molar-refractivity contribution in [2.75, 3.05) is 0 Å². The van der Waals surface area contributed by atoms with Gasteiger partial charge in [0.2, 0.25) is 0 Å². The Morgan fingerprint density at radius 1 is 1.38 bits per heavy atom. The topological polar surface area (TPSA) is 50.2 Å². The second-order valence-electron chi connectivity index (χ2n) is 3.28. The SMILES string of the molecule is O=C(O)/C=C/c1ccc2cc(Cl)cnc2c1. The summed E-state index contributed by atoms with van der Waals surface area (Å²) in [4.78, 5) is 14.5. The Morgan fingerprint density at radius 3 is 2.94 bits per heavy atom. The number of fused-ring (bicyclic) bond motifs is 1. The van der Waals surface area contributed by atoms with E-state index in [-0.39, 0.29) is 0 Å². The molecule has 0 aliphatic carbocycles. The van der Waals surface area contributed by atoms with E-state index in [4.69, 9.17) is 16.7 Å². The molecular formula is C12H8ClNO2. The van der Waals surface area contributed by atoms with Crippen molar-refractivity contribution in [3.05, 3.63) is 47.1 Å². The molecule has 1 aromatic heterocycles. The summed E-state index contributed by atoms with van der Waals surface area (Å²) < 4.78 is 0. The van der Waals surface area contributed by atoms with Gasteiger partial charge in [-0.2, -0.15) is 0 Å². The zero-order valence-corrected chi connectivity index (χ0v) is 8.98. The number of carbonyl (C=O) groups is 1. The Hall–Kier alpha value is -1.87. The average Bonchev–Trinajstić information content (AvgIpc) is 2.26. The monoisotopic (exact) mass is 233 g/mol. The van der Waals surface area contributed by atoms with E-state index in [0.29, 0.717) is 5.02 Å². The lowest BCUT2D eigenvalue weighted by Gasteiger charge is -1.99. The van der Waals surface area contributed by atoms with Crippen molar-refractivity contribution in [1.82, 2.24) is 4.98 Å². The second-order valence-corrected chi connectivity index (χ2v) is 3.71. The molecule has 0 spiro atoms. The normalized spacial score (nSPS) is 11.1. The third-order valence-corrected chi connectivity index (χ3v) is 2.30. The van der Waals surface area contributed by atoms with Gasteiger partial charge in [0.15, 0.2) is 0 Å². The highest BCUT2D eigenvalue weighted by molar-refractivity contribution is 6.31. The first-order chi connectivity index (χ1) is 7.65. The van der Waals surface area contributed by atoms with E-state index in [9.17, 15) is 4.79 Å². The molecule has 4 heteroatoms. The number of carboxylic acids is 1. The molecule has 2 rings (SSSR count). The van der Waals surface area contributed by atoms with Gasteiger partial charge in [-0.05, 0) is 23.8 Å². The lowest BCUT2D eigenvalue weighted by molar-refractivity contribution is -0.131. The first-order valence-corrected chi connectivity index (χ1v) is 4.99. The zero-order valence-electron chi connectivity index (χ0n) is 8.22. The van der Waals surface area contributed by atoms with E-state index in [1.807, 2.05) is 24.3 Å². The first-order valence-electron chi connectivity index (χ1n) is 4.61. The molecule has 0 radical (unpaired) electrons. The fourth-order valence-corrected chi connectivity index (χ4v) is 1.55. The summed E-state index contributed by atoms with van der Waals surface area (Å²) >= 11 is 5.81. The second kappa shape index (κ2) is 4.33. The van der Waals surface area contributed by atoms with Crippen LogP contribution in [0, 0.1) is 0 Å². The maximum absolute atomic E-state index is 10.4. The molecule has 0 aliphatic rings. The molecule has 0 fully saturated rings. The van der Waals surface area contributed by atoms with Crippen LogP contribution in [0.2, 0.25) is 5.02 Å². The quantitative estimate of drug-likeness (QED) is 0.812. The smallest absolute Gasteiger partial charge is 0.328 e. The van der Waals surface area contributed by atoms with Crippen LogP contribution in [0.3, 0.4) is 0 Å². The number of nitrogens with zero attached hydrogens (tertiary/aromatic N) is 1. The lowest BCUT2D eigenvalue weighted by atomic mass is 10.1. The highest BCUT2D eigenvalue weighted by Crippen LogP contribution is 2.18. The van der Waals surface area contributed by atoms with Gasteiger partial charge in [0, 0.05) is 17.7 Å². The third-order valence-electron chi connectivity index (χ3n) is 2.09. The molecule has 0 atom stereocenters. The number of halogens is 1. The van der Waals surface area contributed by atoms with Gasteiger partial charge in [-0.3, -0.25) is 4.98 Å². The summed E-state index contributed by atoms with van der Waals surface area (Å²) in [6.07, 6.45) is 4.18. The summed E-state index contributed by atoms with van der Waals surface area (Å²) in [5, 5.41) is 10.0. The fourth-order valence-electron chi connectivity index (χ4n) is 1.38. The first kappa shape index (κ1) is 10.6. The molecule has 3 nitrogen and oxygen atoms in total. The van der Waals surface area contributed by atoms with Crippen LogP contribution in [0.5, 0.6) is 0 Å². The van der Waals surface area contributed by atoms with Gasteiger partial charge in [-0.1, -0.05) is 23.7 Å². The van der Waals surface area contributed by atoms with Crippen molar-refractivity contribution >= 4 is 34.5 Å². The molecule has 0 unspecified atom stereocenters. The minimum atomic E-state index is -0.968. The van der Waals surface area contributed by atoms with E-state index in [1.54, 1.807) is 6.20 Å². The Balaban J connectivity index is 2.44. The van der Waals surface area contributed by atoms with Gasteiger partial charge in [0.25, 0.3) is 0 Å². The molecule has 80 valence electrons. The molecule has 0 saturated carbocycles. The number of aromatic nitrogens is 1. The summed E-state index contributed by atoms with van der Waals surface area (Å²) in [5.41, 5.74) is 1.58. The summed E-state index contributed by atoms with van der Waals surface area (Å²) in [7, 11) is 0. The van der Waals surface area contributed by atoms with Crippen LogP contribution in [-0.4, -0.2) is 16.1 Å². The molecule has 16 heavy (non-hydrogen) atoms. The third kappa shape index (κ3) is 2.38. The van der Waals surface area contributed by atoms with Crippen LogP contribution >= 0.6 is 11.6 Å². The van der Waals surface area contributed by atoms with E-state index in [0.717, 1.165) is 22.5 Å². The molecule has 0 bridgehead atoms. The molecule has 2 aromatic rings. The van der Waals surface area contributed by atoms with Crippen LogP contribution in [0.4, 0.5) is 0 Å². The van der Waals surface area contributed by atoms with E-state index in [1.165, 1.54) is 6.08 Å². The van der Waals surface area contributed by atoms with E-state index < -0.39 is 5.97 Å². The van der Waals surface area contributed by atoms with Gasteiger partial charge in [-0.15, -0.1) is 0 Å². The van der Waals surface area contributed by atoms with Crippen LogP contribution in [0.15, 0.2) is 36.5 Å². The van der Waals surface area contributed by atoms with Gasteiger partial charge in [0.1, 0.15) is 0 Å². The Labute approximate surface area is 97.0 Å². The highest BCUT2D eigenvalue weighted by atomic mass is 35.5. The number of benzene rings is 1. The van der Waals surface area contributed by atoms with Crippen molar-refractivity contribution in [3.8, 4) is 0 Å². The Bertz CT molecular complexity index is 578. The van der Waals surface area contributed by atoms with Gasteiger partial charge in [-0.25, -0.2) is 4.79 Å². The Morgan fingerprint density at radius 2 is 2.19 bits per heavy atom. The maximum Gasteiger partial charge on any atom is 0.328 e. The van der Waals surface area contributed by atoms with E-state index >= 15 is 0 Å². The molecular weight excluding hydrogens is 226 g/mol. The summed E-state index contributed by atoms with van der Waals surface area (Å²) in [6.45, 7) is 0. The van der Waals surface area contributed by atoms with Crippen molar-refractivity contribution in [3.63, 3.8) is 0 Å². The van der Waals surface area contributed by atoms with Crippen molar-refractivity contribution in [2.24, 2.45) is 0 Å². The van der Waals surface area contributed by atoms with Crippen LogP contribution < -0.4 is 0 Å². The fraction of sp³-hybridized carbons (Fsp3) is 0. The molecule has 0 aliphatic heterocycles. The van der Waals surface area contributed by atoms with Crippen molar-refractivity contribution < 1.29 is 9.90 Å². The van der Waals surface area contributed by atoms with Crippen LogP contribution in [-0.2, 0) is 4.79 Å². The predicted molar refractivity (Wildman–Crippen MR) is 63.4 cm³/mol. The van der Waals surface area contributed by atoms with Gasteiger partial charge in [0.05, 0.1) is 10.5 Å². The van der Waals surface area contributed by atoms with Gasteiger partial charge < -0.3 is 5.11 Å². The standard InChI is InChI=1S/C12H8ClNO2/c13-10-6-9-3-1-8(2-4-12(15)16)5-11(9)14-7-10/h1-7H,(H,15,16)/b4-2+. The molecule has 1 heterocycles. The predicted octanol–water partition coefficient (Wildman–Crippen LogP) is 2.99. The highest BCUT2D eigenvalue weighted by Gasteiger charge is 1.97. The minimum absolute atomic E-state index is 0.585. The largest absolute Gasteiger partial charge is 0.478 e. The molecule has 1 N–H and O–H groups in total. The summed E-state index contributed by atoms with van der Waals surface area (Å²) in [5.74, 6) is -0.968. The summed E-state index contributed by atoms with van der Waals surface area (Å²) in [6, 6.07) is 7.30. The van der Waals surface area contributed by atoms with Crippen LogP contribution in [0.1, 0.15) is 5.56 Å². The number of hydrogen-bond acceptors (Lipinski definition) is 2. The maximum atomic E-state index is 10.4. The van der Waals surface area contributed by atoms with Crippen molar-refractivity contribution in [1.29, 1.82) is 0 Å². The molecule has 1 aromatic carbocycles. The van der Waals surface area contributed by atoms with Crippen molar-refractivity contribution in [2.45, 2.75) is 0 Å². The number of hydrogen-bond donors (Lipinski definition) is 1. The lowest BCUT2D eigenvalue weighted by Crippen LogP contribution is -1.86. The number of pyridine rings is 1. The Kier molecular flexibility index (Phi) is 2.88. The van der Waals surface area contributed by atoms with Crippen LogP contribution in [0.25, 0.3) is 17.0 Å². The number of aliphatic carboxylic acids is 1. The molecule has 0 amide bonds. The zero-order chi connectivity index (χ0) is 11.5. The van der Waals surface area contributed by atoms with Gasteiger partial charge >= 0.3 is 5.97 Å². The minimum Gasteiger partial charge on any atom is -0.478 e. The molecule has 0 saturated heterocycles. The number of rotatable bonds is 2. The number of carboxylic acid groups (broad SMARTS) is 1. The average molecular weight is 234 g/mol.